The van der Waals surface area contributed by atoms with Crippen molar-refractivity contribution in [3.8, 4) is 0 Å². The maximum Gasteiger partial charge on any atom is 0.279 e. The average molecular weight is 303 g/mol. The van der Waals surface area contributed by atoms with E-state index in [-0.39, 0.29) is 12.1 Å². The Morgan fingerprint density at radius 2 is 1.65 bits per heavy atom. The molecule has 0 amide bonds. The van der Waals surface area contributed by atoms with Crippen molar-refractivity contribution in [2.75, 3.05) is 13.6 Å². The van der Waals surface area contributed by atoms with Gasteiger partial charge in [0.05, 0.1) is 0 Å². The van der Waals surface area contributed by atoms with Gasteiger partial charge in [0.15, 0.2) is 0 Å². The molecule has 2 unspecified atom stereocenters. The van der Waals surface area contributed by atoms with Gasteiger partial charge in [-0.25, -0.2) is 0 Å². The summed E-state index contributed by atoms with van der Waals surface area (Å²) in [5.41, 5.74) is 5.78. The highest BCUT2D eigenvalue weighted by atomic mass is 32.2. The summed E-state index contributed by atoms with van der Waals surface area (Å²) < 4.78 is 29.5. The molecule has 0 heterocycles. The van der Waals surface area contributed by atoms with Crippen molar-refractivity contribution in [3.63, 3.8) is 0 Å². The normalized spacial score (nSPS) is 29.8. The van der Waals surface area contributed by atoms with Crippen LogP contribution in [0, 0.1) is 5.92 Å². The summed E-state index contributed by atoms with van der Waals surface area (Å²) in [6, 6.07) is 0.186. The fourth-order valence-electron chi connectivity index (χ4n) is 3.56. The molecule has 0 bridgehead atoms. The molecule has 2 rings (SSSR count). The molecule has 0 radical (unpaired) electrons. The van der Waals surface area contributed by atoms with Gasteiger partial charge >= 0.3 is 0 Å². The molecule has 0 saturated heterocycles. The van der Waals surface area contributed by atoms with Crippen molar-refractivity contribution in [3.05, 3.63) is 0 Å². The van der Waals surface area contributed by atoms with Crippen LogP contribution in [0.2, 0.25) is 0 Å². The quantitative estimate of drug-likeness (QED) is 0.810. The second-order valence-corrected chi connectivity index (χ2v) is 8.08. The van der Waals surface area contributed by atoms with Gasteiger partial charge in [-0.05, 0) is 38.1 Å². The van der Waals surface area contributed by atoms with Gasteiger partial charge in [0.1, 0.15) is 0 Å². The monoisotopic (exact) mass is 303 g/mol. The summed E-state index contributed by atoms with van der Waals surface area (Å²) in [5.74, 6) is 0.290. The molecule has 2 saturated carbocycles. The summed E-state index contributed by atoms with van der Waals surface area (Å²) in [4.78, 5) is 0. The van der Waals surface area contributed by atoms with Crippen LogP contribution in [0.4, 0.5) is 0 Å². The fraction of sp³-hybridized carbons (Fsp3) is 1.00. The van der Waals surface area contributed by atoms with E-state index in [4.69, 9.17) is 5.73 Å². The third-order valence-corrected chi connectivity index (χ3v) is 6.64. The summed E-state index contributed by atoms with van der Waals surface area (Å²) in [5, 5.41) is 0. The van der Waals surface area contributed by atoms with Crippen molar-refractivity contribution in [2.45, 2.75) is 69.9 Å². The third kappa shape index (κ3) is 3.93. The summed E-state index contributed by atoms with van der Waals surface area (Å²) in [7, 11) is -1.65. The van der Waals surface area contributed by atoms with E-state index in [1.807, 2.05) is 0 Å². The van der Waals surface area contributed by atoms with Gasteiger partial charge in [-0.15, -0.1) is 0 Å². The lowest BCUT2D eigenvalue weighted by atomic mass is 9.85. The average Bonchev–Trinajstić information content (AvgIpc) is 2.47. The van der Waals surface area contributed by atoms with Gasteiger partial charge in [-0.3, -0.25) is 0 Å². The summed E-state index contributed by atoms with van der Waals surface area (Å²) in [6.45, 7) is 0.570. The second-order valence-electron chi connectivity index (χ2n) is 6.32. The minimum atomic E-state index is -3.37. The van der Waals surface area contributed by atoms with E-state index in [2.05, 4.69) is 4.72 Å². The first-order chi connectivity index (χ1) is 9.54. The Labute approximate surface area is 123 Å². The first-order valence-corrected chi connectivity index (χ1v) is 9.44. The number of nitrogens with zero attached hydrogens (tertiary/aromatic N) is 1. The first-order valence-electron chi connectivity index (χ1n) is 8.00. The van der Waals surface area contributed by atoms with E-state index in [0.29, 0.717) is 12.5 Å². The molecule has 5 nitrogen and oxygen atoms in total. The van der Waals surface area contributed by atoms with E-state index >= 15 is 0 Å². The van der Waals surface area contributed by atoms with E-state index in [0.717, 1.165) is 44.9 Å². The predicted octanol–water partition coefficient (Wildman–Crippen LogP) is 1.60. The second kappa shape index (κ2) is 7.20. The van der Waals surface area contributed by atoms with Crippen LogP contribution >= 0.6 is 0 Å². The molecule has 0 aliphatic heterocycles. The van der Waals surface area contributed by atoms with E-state index in [9.17, 15) is 8.42 Å². The molecule has 0 aromatic carbocycles. The zero-order valence-corrected chi connectivity index (χ0v) is 13.4. The Morgan fingerprint density at radius 1 is 1.05 bits per heavy atom. The maximum atomic E-state index is 12.5. The standard InChI is InChI=1S/C14H29N3O2S/c1-17(13-8-3-2-4-9-13)20(18,19)16-14-10-6-5-7-12(14)11-15/h12-14,16H,2-11,15H2,1H3. The summed E-state index contributed by atoms with van der Waals surface area (Å²) >= 11 is 0. The molecule has 3 N–H and O–H groups in total. The number of nitrogens with two attached hydrogens (primary N) is 1. The Kier molecular flexibility index (Phi) is 5.84. The smallest absolute Gasteiger partial charge is 0.279 e. The highest BCUT2D eigenvalue weighted by Crippen LogP contribution is 2.26. The molecule has 2 fully saturated rings. The van der Waals surface area contributed by atoms with Crippen LogP contribution in [-0.4, -0.2) is 38.4 Å². The Morgan fingerprint density at radius 3 is 2.30 bits per heavy atom. The minimum Gasteiger partial charge on any atom is -0.330 e. The van der Waals surface area contributed by atoms with Gasteiger partial charge in [-0.2, -0.15) is 17.4 Å². The van der Waals surface area contributed by atoms with Crippen LogP contribution in [0.3, 0.4) is 0 Å². The molecular weight excluding hydrogens is 274 g/mol. The molecule has 0 spiro atoms. The van der Waals surface area contributed by atoms with Gasteiger partial charge in [0, 0.05) is 19.1 Å². The van der Waals surface area contributed by atoms with Crippen LogP contribution in [0.15, 0.2) is 0 Å². The third-order valence-electron chi connectivity index (χ3n) is 4.98. The molecule has 0 aromatic rings. The predicted molar refractivity (Wildman–Crippen MR) is 81.5 cm³/mol. The largest absolute Gasteiger partial charge is 0.330 e. The van der Waals surface area contributed by atoms with Gasteiger partial charge in [0.2, 0.25) is 0 Å². The molecule has 2 atom stereocenters. The minimum absolute atomic E-state index is 0.0183. The van der Waals surface area contributed by atoms with Crippen molar-refractivity contribution < 1.29 is 8.42 Å². The first kappa shape index (κ1) is 16.2. The van der Waals surface area contributed by atoms with Gasteiger partial charge < -0.3 is 5.73 Å². The molecule has 20 heavy (non-hydrogen) atoms. The molecule has 118 valence electrons. The van der Waals surface area contributed by atoms with Crippen molar-refractivity contribution in [1.82, 2.24) is 9.03 Å². The number of hydrogen-bond acceptors (Lipinski definition) is 3. The van der Waals surface area contributed by atoms with Gasteiger partial charge in [0.25, 0.3) is 10.2 Å². The van der Waals surface area contributed by atoms with Crippen LogP contribution in [0.5, 0.6) is 0 Å². The molecule has 6 heteroatoms. The van der Waals surface area contributed by atoms with Gasteiger partial charge in [-0.1, -0.05) is 32.1 Å². The Hall–Kier alpha value is -0.170. The zero-order valence-electron chi connectivity index (χ0n) is 12.6. The van der Waals surface area contributed by atoms with E-state index in [1.165, 1.54) is 12.8 Å². The van der Waals surface area contributed by atoms with Crippen LogP contribution in [0.25, 0.3) is 0 Å². The van der Waals surface area contributed by atoms with Crippen molar-refractivity contribution in [1.29, 1.82) is 0 Å². The number of nitrogens with one attached hydrogen (secondary N) is 1. The topological polar surface area (TPSA) is 75.4 Å². The molecule has 2 aliphatic carbocycles. The van der Waals surface area contributed by atoms with Crippen molar-refractivity contribution in [2.24, 2.45) is 11.7 Å². The lowest BCUT2D eigenvalue weighted by Crippen LogP contribution is -2.51. The lowest BCUT2D eigenvalue weighted by molar-refractivity contribution is 0.263. The Balaban J connectivity index is 1.98. The highest BCUT2D eigenvalue weighted by Gasteiger charge is 2.32. The molecule has 0 aromatic heterocycles. The number of rotatable bonds is 5. The molecular formula is C14H29N3O2S. The lowest BCUT2D eigenvalue weighted by Gasteiger charge is -2.35. The van der Waals surface area contributed by atoms with E-state index in [1.54, 1.807) is 11.4 Å². The summed E-state index contributed by atoms with van der Waals surface area (Å²) in [6.07, 6.45) is 9.70. The SMILES string of the molecule is CN(C1CCCCC1)S(=O)(=O)NC1CCCCC1CN. The van der Waals surface area contributed by atoms with Crippen LogP contribution < -0.4 is 10.5 Å². The maximum absolute atomic E-state index is 12.5. The van der Waals surface area contributed by atoms with E-state index < -0.39 is 10.2 Å². The van der Waals surface area contributed by atoms with Crippen LogP contribution in [0.1, 0.15) is 57.8 Å². The Bertz CT molecular complexity index is 393. The molecule has 2 aliphatic rings. The van der Waals surface area contributed by atoms with Crippen LogP contribution in [-0.2, 0) is 10.2 Å². The zero-order chi connectivity index (χ0) is 14.6. The highest BCUT2D eigenvalue weighted by molar-refractivity contribution is 7.87. The fourth-order valence-corrected chi connectivity index (χ4v) is 5.02. The van der Waals surface area contributed by atoms with Crippen molar-refractivity contribution >= 4 is 10.2 Å². The number of hydrogen-bond donors (Lipinski definition) is 2.